The van der Waals surface area contributed by atoms with Gasteiger partial charge in [0.1, 0.15) is 11.9 Å². The molecule has 0 heterocycles. The van der Waals surface area contributed by atoms with Gasteiger partial charge < -0.3 is 14.8 Å². The van der Waals surface area contributed by atoms with Gasteiger partial charge in [0.2, 0.25) is 0 Å². The molecule has 0 aliphatic heterocycles. The van der Waals surface area contributed by atoms with Crippen LogP contribution in [0.15, 0.2) is 18.2 Å². The molecule has 0 aromatic heterocycles. The summed E-state index contributed by atoms with van der Waals surface area (Å²) in [5, 5.41) is 4.19. The number of halogens is 3. The Morgan fingerprint density at radius 1 is 1.33 bits per heavy atom. The van der Waals surface area contributed by atoms with Crippen molar-refractivity contribution in [1.82, 2.24) is 5.32 Å². The van der Waals surface area contributed by atoms with Crippen molar-refractivity contribution in [1.29, 1.82) is 0 Å². The largest absolute Gasteiger partial charge is 0.486 e. The van der Waals surface area contributed by atoms with Crippen molar-refractivity contribution in [2.75, 3.05) is 27.3 Å². The first kappa shape index (κ1) is 17.8. The quantitative estimate of drug-likeness (QED) is 0.836. The third-order valence-electron chi connectivity index (χ3n) is 2.26. The molecule has 104 valence electrons. The van der Waals surface area contributed by atoms with Crippen molar-refractivity contribution in [3.63, 3.8) is 0 Å². The van der Waals surface area contributed by atoms with Crippen molar-refractivity contribution < 1.29 is 9.47 Å². The first-order valence-corrected chi connectivity index (χ1v) is 6.18. The molecule has 0 amide bonds. The van der Waals surface area contributed by atoms with Crippen LogP contribution in [0.1, 0.15) is 6.42 Å². The number of hydrogen-bond acceptors (Lipinski definition) is 3. The summed E-state index contributed by atoms with van der Waals surface area (Å²) >= 11 is 11.9. The normalized spacial score (nSPS) is 11.8. The van der Waals surface area contributed by atoms with Gasteiger partial charge in [0.05, 0.1) is 11.6 Å². The second kappa shape index (κ2) is 9.70. The average Bonchev–Trinajstić information content (AvgIpc) is 2.29. The Morgan fingerprint density at radius 2 is 2.06 bits per heavy atom. The van der Waals surface area contributed by atoms with Crippen LogP contribution in [0, 0.1) is 0 Å². The van der Waals surface area contributed by atoms with Crippen LogP contribution in [0.25, 0.3) is 0 Å². The van der Waals surface area contributed by atoms with E-state index in [1.807, 2.05) is 7.05 Å². The molecule has 0 fully saturated rings. The summed E-state index contributed by atoms with van der Waals surface area (Å²) in [5.74, 6) is 0.634. The van der Waals surface area contributed by atoms with Crippen molar-refractivity contribution in [2.45, 2.75) is 12.5 Å². The molecule has 0 aliphatic rings. The summed E-state index contributed by atoms with van der Waals surface area (Å²) in [6.45, 7) is 1.39. The summed E-state index contributed by atoms with van der Waals surface area (Å²) in [4.78, 5) is 0. The molecule has 1 N–H and O–H groups in total. The molecule has 0 spiro atoms. The van der Waals surface area contributed by atoms with Crippen molar-refractivity contribution in [3.8, 4) is 5.75 Å². The van der Waals surface area contributed by atoms with Crippen LogP contribution >= 0.6 is 35.6 Å². The zero-order valence-corrected chi connectivity index (χ0v) is 12.7. The molecule has 0 radical (unpaired) electrons. The third kappa shape index (κ3) is 6.12. The van der Waals surface area contributed by atoms with Gasteiger partial charge in [-0.15, -0.1) is 12.4 Å². The van der Waals surface area contributed by atoms with Gasteiger partial charge in [-0.05, 0) is 38.2 Å². The first-order chi connectivity index (χ1) is 8.17. The highest BCUT2D eigenvalue weighted by molar-refractivity contribution is 6.35. The Balaban J connectivity index is 0.00000289. The van der Waals surface area contributed by atoms with E-state index in [4.69, 9.17) is 32.7 Å². The average molecular weight is 315 g/mol. The van der Waals surface area contributed by atoms with E-state index in [0.29, 0.717) is 22.4 Å². The molecule has 1 aromatic carbocycles. The van der Waals surface area contributed by atoms with Crippen LogP contribution < -0.4 is 10.1 Å². The maximum absolute atomic E-state index is 6.04. The third-order valence-corrected chi connectivity index (χ3v) is 2.79. The van der Waals surface area contributed by atoms with Crippen molar-refractivity contribution in [2.24, 2.45) is 0 Å². The van der Waals surface area contributed by atoms with Crippen LogP contribution in [0.5, 0.6) is 5.75 Å². The molecular formula is C12H18Cl3NO2. The Hall–Kier alpha value is -0.190. The van der Waals surface area contributed by atoms with E-state index in [-0.39, 0.29) is 18.5 Å². The number of benzene rings is 1. The van der Waals surface area contributed by atoms with Gasteiger partial charge in [0, 0.05) is 12.1 Å². The van der Waals surface area contributed by atoms with E-state index in [2.05, 4.69) is 5.32 Å². The molecule has 0 bridgehead atoms. The van der Waals surface area contributed by atoms with Crippen LogP contribution in [0.4, 0.5) is 0 Å². The summed E-state index contributed by atoms with van der Waals surface area (Å²) < 4.78 is 10.9. The Morgan fingerprint density at radius 3 is 2.61 bits per heavy atom. The standard InChI is InChI=1S/C12H17Cl2NO2.ClH/c1-15-6-5-10(8-16-2)17-12-4-3-9(13)7-11(12)14;/h3-4,7,10,15H,5-6,8H2,1-2H3;1H/t10-;/m1./s1. The predicted octanol–water partition coefficient (Wildman–Crippen LogP) is 3.42. The lowest BCUT2D eigenvalue weighted by atomic mass is 10.2. The zero-order valence-electron chi connectivity index (χ0n) is 10.4. The van der Waals surface area contributed by atoms with E-state index in [0.717, 1.165) is 13.0 Å². The van der Waals surface area contributed by atoms with Gasteiger partial charge in [-0.2, -0.15) is 0 Å². The molecule has 3 nitrogen and oxygen atoms in total. The number of ether oxygens (including phenoxy) is 2. The van der Waals surface area contributed by atoms with E-state index in [1.165, 1.54) is 0 Å². The Bertz CT molecular complexity index is 350. The number of rotatable bonds is 7. The summed E-state index contributed by atoms with van der Waals surface area (Å²) in [6, 6.07) is 5.19. The first-order valence-electron chi connectivity index (χ1n) is 5.42. The molecule has 1 aromatic rings. The van der Waals surface area contributed by atoms with E-state index in [9.17, 15) is 0 Å². The van der Waals surface area contributed by atoms with Gasteiger partial charge in [0.25, 0.3) is 0 Å². The SMILES string of the molecule is CNCC[C@H](COC)Oc1ccc(Cl)cc1Cl.Cl. The van der Waals surface area contributed by atoms with Crippen LogP contribution in [-0.4, -0.2) is 33.4 Å². The highest BCUT2D eigenvalue weighted by Crippen LogP contribution is 2.28. The highest BCUT2D eigenvalue weighted by Gasteiger charge is 2.12. The molecule has 0 saturated heterocycles. The fourth-order valence-electron chi connectivity index (χ4n) is 1.42. The van der Waals surface area contributed by atoms with E-state index in [1.54, 1.807) is 25.3 Å². The van der Waals surface area contributed by atoms with Gasteiger partial charge in [-0.1, -0.05) is 23.2 Å². The van der Waals surface area contributed by atoms with Gasteiger partial charge in [-0.3, -0.25) is 0 Å². The van der Waals surface area contributed by atoms with Crippen LogP contribution in [0.2, 0.25) is 10.0 Å². The number of hydrogen-bond donors (Lipinski definition) is 1. The Kier molecular flexibility index (Phi) is 9.60. The number of methoxy groups -OCH3 is 1. The fraction of sp³-hybridized carbons (Fsp3) is 0.500. The topological polar surface area (TPSA) is 30.5 Å². The monoisotopic (exact) mass is 313 g/mol. The van der Waals surface area contributed by atoms with E-state index < -0.39 is 0 Å². The lowest BCUT2D eigenvalue weighted by molar-refractivity contribution is 0.0762. The van der Waals surface area contributed by atoms with Crippen molar-refractivity contribution in [3.05, 3.63) is 28.2 Å². The molecule has 18 heavy (non-hydrogen) atoms. The minimum absolute atomic E-state index is 0. The lowest BCUT2D eigenvalue weighted by Gasteiger charge is -2.19. The van der Waals surface area contributed by atoms with Crippen molar-refractivity contribution >= 4 is 35.6 Å². The smallest absolute Gasteiger partial charge is 0.138 e. The van der Waals surface area contributed by atoms with Gasteiger partial charge >= 0.3 is 0 Å². The Labute approximate surface area is 124 Å². The van der Waals surface area contributed by atoms with Crippen LogP contribution in [0.3, 0.4) is 0 Å². The second-order valence-electron chi connectivity index (χ2n) is 3.66. The molecule has 0 aliphatic carbocycles. The summed E-state index contributed by atoms with van der Waals surface area (Å²) in [5.41, 5.74) is 0. The lowest BCUT2D eigenvalue weighted by Crippen LogP contribution is -2.26. The molecule has 0 saturated carbocycles. The maximum Gasteiger partial charge on any atom is 0.138 e. The minimum atomic E-state index is -0.0221. The molecule has 0 unspecified atom stereocenters. The minimum Gasteiger partial charge on any atom is -0.486 e. The molecule has 1 rings (SSSR count). The van der Waals surface area contributed by atoms with Gasteiger partial charge in [0.15, 0.2) is 0 Å². The van der Waals surface area contributed by atoms with Gasteiger partial charge in [-0.25, -0.2) is 0 Å². The van der Waals surface area contributed by atoms with Crippen LogP contribution in [-0.2, 0) is 4.74 Å². The summed E-state index contributed by atoms with van der Waals surface area (Å²) in [7, 11) is 3.55. The maximum atomic E-state index is 6.04. The molecule has 6 heteroatoms. The predicted molar refractivity (Wildman–Crippen MR) is 78.5 cm³/mol. The van der Waals surface area contributed by atoms with E-state index >= 15 is 0 Å². The second-order valence-corrected chi connectivity index (χ2v) is 4.51. The number of nitrogens with one attached hydrogen (secondary N) is 1. The molecular weight excluding hydrogens is 296 g/mol. The summed E-state index contributed by atoms with van der Waals surface area (Å²) in [6.07, 6.45) is 0.828. The zero-order chi connectivity index (χ0) is 12.7. The fourth-order valence-corrected chi connectivity index (χ4v) is 1.87. The molecule has 1 atom stereocenters. The highest BCUT2D eigenvalue weighted by atomic mass is 35.5.